The van der Waals surface area contributed by atoms with Gasteiger partial charge in [0.05, 0.1) is 5.52 Å². The van der Waals surface area contributed by atoms with Crippen LogP contribution in [0.5, 0.6) is 0 Å². The average molecular weight is 223 g/mol. The zero-order chi connectivity index (χ0) is 10.8. The summed E-state index contributed by atoms with van der Waals surface area (Å²) in [7, 11) is 0. The Bertz CT molecular complexity index is 555. The van der Waals surface area contributed by atoms with E-state index < -0.39 is 5.76 Å². The molecule has 0 unspecified atom stereocenters. The van der Waals surface area contributed by atoms with Gasteiger partial charge in [-0.1, -0.05) is 0 Å². The van der Waals surface area contributed by atoms with E-state index in [4.69, 9.17) is 4.42 Å². The number of hydrogen-bond donors (Lipinski definition) is 2. The lowest BCUT2D eigenvalue weighted by Gasteiger charge is -1.97. The maximum absolute atomic E-state index is 11.5. The third-order valence-electron chi connectivity index (χ3n) is 2.08. The lowest BCUT2D eigenvalue weighted by atomic mass is 10.1. The molecule has 1 N–H and O–H groups in total. The van der Waals surface area contributed by atoms with Crippen molar-refractivity contribution in [2.24, 2.45) is 0 Å². The first-order chi connectivity index (χ1) is 7.20. The zero-order valence-corrected chi connectivity index (χ0v) is 8.71. The van der Waals surface area contributed by atoms with Crippen LogP contribution in [0.25, 0.3) is 11.1 Å². The Morgan fingerprint density at radius 1 is 1.47 bits per heavy atom. The van der Waals surface area contributed by atoms with Gasteiger partial charge in [0.25, 0.3) is 0 Å². The van der Waals surface area contributed by atoms with E-state index in [1.54, 1.807) is 18.2 Å². The summed E-state index contributed by atoms with van der Waals surface area (Å²) in [6.45, 7) is 0. The summed E-state index contributed by atoms with van der Waals surface area (Å²) in [6.07, 6.45) is 0.378. The number of rotatable bonds is 3. The molecule has 0 amide bonds. The van der Waals surface area contributed by atoms with Crippen molar-refractivity contribution in [2.75, 3.05) is 5.75 Å². The van der Waals surface area contributed by atoms with Crippen LogP contribution >= 0.6 is 12.6 Å². The first-order valence-corrected chi connectivity index (χ1v) is 5.11. The van der Waals surface area contributed by atoms with Crippen molar-refractivity contribution in [1.82, 2.24) is 4.98 Å². The number of aromatic amines is 1. The van der Waals surface area contributed by atoms with Crippen LogP contribution in [0.2, 0.25) is 0 Å². The highest BCUT2D eigenvalue weighted by Crippen LogP contribution is 2.13. The highest BCUT2D eigenvalue weighted by molar-refractivity contribution is 7.80. The molecule has 0 bridgehead atoms. The highest BCUT2D eigenvalue weighted by atomic mass is 32.1. The van der Waals surface area contributed by atoms with Crippen molar-refractivity contribution in [3.63, 3.8) is 0 Å². The fraction of sp³-hybridized carbons (Fsp3) is 0.200. The van der Waals surface area contributed by atoms with Crippen LogP contribution in [0.1, 0.15) is 16.8 Å². The molecule has 78 valence electrons. The van der Waals surface area contributed by atoms with Crippen LogP contribution < -0.4 is 5.76 Å². The van der Waals surface area contributed by atoms with Crippen molar-refractivity contribution in [1.29, 1.82) is 0 Å². The van der Waals surface area contributed by atoms with Crippen LogP contribution in [0.15, 0.2) is 27.4 Å². The second kappa shape index (κ2) is 3.94. The van der Waals surface area contributed by atoms with Gasteiger partial charge in [-0.15, -0.1) is 0 Å². The summed E-state index contributed by atoms with van der Waals surface area (Å²) in [5.41, 5.74) is 1.55. The number of aromatic nitrogens is 1. The van der Waals surface area contributed by atoms with Crippen molar-refractivity contribution in [2.45, 2.75) is 6.42 Å². The fourth-order valence-electron chi connectivity index (χ4n) is 1.36. The van der Waals surface area contributed by atoms with Gasteiger partial charge < -0.3 is 4.42 Å². The van der Waals surface area contributed by atoms with Gasteiger partial charge in [0, 0.05) is 12.0 Å². The monoisotopic (exact) mass is 223 g/mol. The quantitative estimate of drug-likeness (QED) is 0.614. The number of carbonyl (C=O) groups is 1. The fourth-order valence-corrected chi connectivity index (χ4v) is 1.57. The van der Waals surface area contributed by atoms with E-state index in [0.29, 0.717) is 28.8 Å². The van der Waals surface area contributed by atoms with Gasteiger partial charge in [-0.2, -0.15) is 12.6 Å². The molecule has 0 saturated carbocycles. The van der Waals surface area contributed by atoms with Crippen LogP contribution in [0.3, 0.4) is 0 Å². The van der Waals surface area contributed by atoms with E-state index in [2.05, 4.69) is 17.6 Å². The molecular formula is C10H9NO3S. The number of oxazole rings is 1. The number of benzene rings is 1. The largest absolute Gasteiger partial charge is 0.417 e. The van der Waals surface area contributed by atoms with Gasteiger partial charge in [0.1, 0.15) is 0 Å². The summed E-state index contributed by atoms with van der Waals surface area (Å²) in [5.74, 6) is -0.00642. The van der Waals surface area contributed by atoms with Gasteiger partial charge in [-0.3, -0.25) is 9.78 Å². The Morgan fingerprint density at radius 2 is 2.27 bits per heavy atom. The van der Waals surface area contributed by atoms with Gasteiger partial charge in [0.2, 0.25) is 0 Å². The number of Topliss-reactive ketones (excluding diaryl/α,β-unsaturated/α-hetero) is 1. The molecule has 1 heterocycles. The van der Waals surface area contributed by atoms with Crippen LogP contribution in [-0.4, -0.2) is 16.5 Å². The topological polar surface area (TPSA) is 63.1 Å². The molecule has 0 spiro atoms. The molecule has 0 radical (unpaired) electrons. The van der Waals surface area contributed by atoms with Crippen molar-refractivity contribution < 1.29 is 9.21 Å². The van der Waals surface area contributed by atoms with Crippen molar-refractivity contribution in [3.05, 3.63) is 34.3 Å². The molecule has 15 heavy (non-hydrogen) atoms. The summed E-state index contributed by atoms with van der Waals surface area (Å²) >= 11 is 3.99. The molecule has 0 saturated heterocycles. The summed E-state index contributed by atoms with van der Waals surface area (Å²) in [5, 5.41) is 0. The number of hydrogen-bond acceptors (Lipinski definition) is 4. The second-order valence-electron chi connectivity index (χ2n) is 3.12. The van der Waals surface area contributed by atoms with Crippen LogP contribution in [0, 0.1) is 0 Å². The van der Waals surface area contributed by atoms with Crippen molar-refractivity contribution >= 4 is 29.5 Å². The number of H-pyrrole nitrogens is 1. The lowest BCUT2D eigenvalue weighted by Crippen LogP contribution is -1.98. The van der Waals surface area contributed by atoms with E-state index in [0.717, 1.165) is 0 Å². The first-order valence-electron chi connectivity index (χ1n) is 4.47. The van der Waals surface area contributed by atoms with Gasteiger partial charge in [0.15, 0.2) is 11.4 Å². The minimum atomic E-state index is -0.510. The van der Waals surface area contributed by atoms with Gasteiger partial charge >= 0.3 is 5.76 Å². The maximum Gasteiger partial charge on any atom is 0.417 e. The molecule has 0 fully saturated rings. The first kappa shape index (κ1) is 10.0. The molecule has 1 aromatic heterocycles. The Kier molecular flexibility index (Phi) is 2.64. The molecule has 1 aromatic carbocycles. The Balaban J connectivity index is 2.46. The molecule has 2 aromatic rings. The third-order valence-corrected chi connectivity index (χ3v) is 2.31. The number of fused-ring (bicyclic) bond motifs is 1. The minimum Gasteiger partial charge on any atom is -0.408 e. The summed E-state index contributed by atoms with van der Waals surface area (Å²) in [4.78, 5) is 24.9. The van der Waals surface area contributed by atoms with Gasteiger partial charge in [-0.25, -0.2) is 4.79 Å². The Hall–Kier alpha value is -1.49. The number of nitrogens with one attached hydrogen (secondary N) is 1. The average Bonchev–Trinajstić information content (AvgIpc) is 2.57. The SMILES string of the molecule is O=C(CCS)c1ccc2[nH]c(=O)oc2c1. The summed E-state index contributed by atoms with van der Waals surface area (Å²) in [6, 6.07) is 4.89. The van der Waals surface area contributed by atoms with E-state index in [9.17, 15) is 9.59 Å². The van der Waals surface area contributed by atoms with Gasteiger partial charge in [-0.05, 0) is 24.0 Å². The molecule has 4 nitrogen and oxygen atoms in total. The Morgan fingerprint density at radius 3 is 3.00 bits per heavy atom. The van der Waals surface area contributed by atoms with E-state index >= 15 is 0 Å². The normalized spacial score (nSPS) is 10.7. The third kappa shape index (κ3) is 1.97. The molecule has 0 aliphatic heterocycles. The number of thiol groups is 1. The predicted molar refractivity (Wildman–Crippen MR) is 59.6 cm³/mol. The number of carbonyl (C=O) groups excluding carboxylic acids is 1. The minimum absolute atomic E-state index is 0.00394. The molecule has 0 aliphatic carbocycles. The van der Waals surface area contributed by atoms with E-state index in [1.807, 2.05) is 0 Å². The van der Waals surface area contributed by atoms with Crippen molar-refractivity contribution in [3.8, 4) is 0 Å². The second-order valence-corrected chi connectivity index (χ2v) is 3.57. The lowest BCUT2D eigenvalue weighted by molar-refractivity contribution is 0.0989. The molecule has 0 atom stereocenters. The number of ketones is 1. The maximum atomic E-state index is 11.5. The molecular weight excluding hydrogens is 214 g/mol. The molecule has 0 aliphatic rings. The predicted octanol–water partition coefficient (Wildman–Crippen LogP) is 1.62. The molecule has 5 heteroatoms. The Labute approximate surface area is 90.7 Å². The molecule has 2 rings (SSSR count). The summed E-state index contributed by atoms with van der Waals surface area (Å²) < 4.78 is 4.85. The smallest absolute Gasteiger partial charge is 0.408 e. The van der Waals surface area contributed by atoms with E-state index in [-0.39, 0.29) is 5.78 Å². The van der Waals surface area contributed by atoms with Crippen LogP contribution in [0.4, 0.5) is 0 Å². The van der Waals surface area contributed by atoms with E-state index in [1.165, 1.54) is 0 Å². The standard InChI is InChI=1S/C10H9NO3S/c12-8(3-4-15)6-1-2-7-9(5-6)14-10(13)11-7/h1-2,5,15H,3-4H2,(H,11,13). The van der Waals surface area contributed by atoms with Crippen LogP contribution in [-0.2, 0) is 0 Å². The highest BCUT2D eigenvalue weighted by Gasteiger charge is 2.07. The zero-order valence-electron chi connectivity index (χ0n) is 7.82.